The summed E-state index contributed by atoms with van der Waals surface area (Å²) < 4.78 is 31.7. The lowest BCUT2D eigenvalue weighted by molar-refractivity contribution is -0.192. The highest BCUT2D eigenvalue weighted by Gasteiger charge is 2.38. The standard InChI is InChI=1S/C11H9NO2.C2HF3O2/c13-11(14)9-5-6-12-10-4-2-1-3-8(10)7-9;3-2(4,5)1(6)7/h1-6H,7H2,(H,13,14);(H,6,7). The van der Waals surface area contributed by atoms with Crippen molar-refractivity contribution in [3.63, 3.8) is 0 Å². The lowest BCUT2D eigenvalue weighted by Crippen LogP contribution is -2.21. The fourth-order valence-corrected chi connectivity index (χ4v) is 1.40. The van der Waals surface area contributed by atoms with Crippen LogP contribution in [0.25, 0.3) is 0 Å². The second-order valence-electron chi connectivity index (χ2n) is 3.88. The molecular weight excluding hydrogens is 291 g/mol. The van der Waals surface area contributed by atoms with E-state index in [0.29, 0.717) is 12.0 Å². The van der Waals surface area contributed by atoms with Crippen LogP contribution in [0.3, 0.4) is 0 Å². The van der Waals surface area contributed by atoms with Crippen molar-refractivity contribution in [2.24, 2.45) is 4.99 Å². The van der Waals surface area contributed by atoms with Gasteiger partial charge in [-0.15, -0.1) is 0 Å². The summed E-state index contributed by atoms with van der Waals surface area (Å²) in [6, 6.07) is 7.56. The molecule has 1 aromatic rings. The Morgan fingerprint density at radius 3 is 2.24 bits per heavy atom. The fraction of sp³-hybridized carbons (Fsp3) is 0.154. The van der Waals surface area contributed by atoms with Gasteiger partial charge in [0.25, 0.3) is 0 Å². The Kier molecular flexibility index (Phi) is 5.23. The van der Waals surface area contributed by atoms with Gasteiger partial charge in [-0.1, -0.05) is 18.2 Å². The molecule has 0 spiro atoms. The summed E-state index contributed by atoms with van der Waals surface area (Å²) >= 11 is 0. The van der Waals surface area contributed by atoms with Crippen molar-refractivity contribution in [1.29, 1.82) is 0 Å². The molecular formula is C13H10F3NO4. The molecule has 1 aliphatic heterocycles. The first kappa shape index (κ1) is 16.4. The molecule has 2 N–H and O–H groups in total. The van der Waals surface area contributed by atoms with Crippen LogP contribution in [0.2, 0.25) is 0 Å². The topological polar surface area (TPSA) is 87.0 Å². The Hall–Kier alpha value is -2.64. The number of aliphatic imine (C=N–C) groups is 1. The van der Waals surface area contributed by atoms with Gasteiger partial charge in [-0.05, 0) is 17.7 Å². The highest BCUT2D eigenvalue weighted by molar-refractivity contribution is 5.94. The molecule has 1 heterocycles. The Bertz CT molecular complexity index is 606. The lowest BCUT2D eigenvalue weighted by Gasteiger charge is -2.02. The highest BCUT2D eigenvalue weighted by atomic mass is 19.4. The number of hydrogen-bond acceptors (Lipinski definition) is 3. The minimum absolute atomic E-state index is 0.374. The molecule has 112 valence electrons. The first-order chi connectivity index (χ1) is 9.71. The molecule has 0 aromatic heterocycles. The van der Waals surface area contributed by atoms with E-state index >= 15 is 0 Å². The van der Waals surface area contributed by atoms with Gasteiger partial charge in [0.2, 0.25) is 0 Å². The van der Waals surface area contributed by atoms with Crippen LogP contribution in [-0.2, 0) is 16.0 Å². The van der Waals surface area contributed by atoms with Crippen molar-refractivity contribution < 1.29 is 33.0 Å². The van der Waals surface area contributed by atoms with Crippen LogP contribution in [-0.4, -0.2) is 34.5 Å². The van der Waals surface area contributed by atoms with Crippen LogP contribution in [0, 0.1) is 0 Å². The monoisotopic (exact) mass is 301 g/mol. The third-order valence-corrected chi connectivity index (χ3v) is 2.38. The molecule has 1 aliphatic rings. The highest BCUT2D eigenvalue weighted by Crippen LogP contribution is 2.23. The number of carboxylic acids is 2. The van der Waals surface area contributed by atoms with E-state index in [0.717, 1.165) is 11.3 Å². The molecule has 21 heavy (non-hydrogen) atoms. The molecule has 0 aliphatic carbocycles. The van der Waals surface area contributed by atoms with Gasteiger partial charge in [0.1, 0.15) is 0 Å². The zero-order chi connectivity index (χ0) is 16.0. The fourth-order valence-electron chi connectivity index (χ4n) is 1.40. The van der Waals surface area contributed by atoms with E-state index in [4.69, 9.17) is 15.0 Å². The van der Waals surface area contributed by atoms with Gasteiger partial charge in [0.05, 0.1) is 5.69 Å². The average Bonchev–Trinajstić information content (AvgIpc) is 2.60. The number of hydrogen-bond donors (Lipinski definition) is 2. The molecule has 0 radical (unpaired) electrons. The largest absolute Gasteiger partial charge is 0.490 e. The van der Waals surface area contributed by atoms with Crippen LogP contribution < -0.4 is 0 Å². The zero-order valence-corrected chi connectivity index (χ0v) is 10.5. The van der Waals surface area contributed by atoms with Crippen molar-refractivity contribution in [1.82, 2.24) is 0 Å². The van der Waals surface area contributed by atoms with Crippen molar-refractivity contribution in [3.05, 3.63) is 41.5 Å². The average molecular weight is 301 g/mol. The van der Waals surface area contributed by atoms with Gasteiger partial charge >= 0.3 is 18.1 Å². The maximum absolute atomic E-state index is 10.8. The smallest absolute Gasteiger partial charge is 0.478 e. The first-order valence-corrected chi connectivity index (χ1v) is 5.56. The van der Waals surface area contributed by atoms with Crippen LogP contribution in [0.4, 0.5) is 18.9 Å². The predicted octanol–water partition coefficient (Wildman–Crippen LogP) is 2.59. The second kappa shape index (κ2) is 6.69. The number of allylic oxidation sites excluding steroid dienone is 1. The van der Waals surface area contributed by atoms with E-state index in [1.165, 1.54) is 6.21 Å². The molecule has 0 atom stereocenters. The zero-order valence-electron chi connectivity index (χ0n) is 10.5. The molecule has 2 rings (SSSR count). The van der Waals surface area contributed by atoms with Crippen LogP contribution in [0.5, 0.6) is 0 Å². The molecule has 0 fully saturated rings. The lowest BCUT2D eigenvalue weighted by atomic mass is 10.0. The Morgan fingerprint density at radius 1 is 1.14 bits per heavy atom. The molecule has 0 saturated heterocycles. The van der Waals surface area contributed by atoms with Gasteiger partial charge in [0.15, 0.2) is 0 Å². The van der Waals surface area contributed by atoms with Gasteiger partial charge in [-0.25, -0.2) is 9.59 Å². The van der Waals surface area contributed by atoms with Crippen LogP contribution >= 0.6 is 0 Å². The molecule has 0 unspecified atom stereocenters. The van der Waals surface area contributed by atoms with Crippen molar-refractivity contribution in [3.8, 4) is 0 Å². The number of halogens is 3. The number of benzene rings is 1. The number of nitrogens with zero attached hydrogens (tertiary/aromatic N) is 1. The Morgan fingerprint density at radius 2 is 1.71 bits per heavy atom. The van der Waals surface area contributed by atoms with Crippen LogP contribution in [0.1, 0.15) is 5.56 Å². The van der Waals surface area contributed by atoms with E-state index in [9.17, 15) is 18.0 Å². The molecule has 5 nitrogen and oxygen atoms in total. The minimum atomic E-state index is -5.08. The molecule has 8 heteroatoms. The van der Waals surface area contributed by atoms with Gasteiger partial charge < -0.3 is 10.2 Å². The number of carbonyl (C=O) groups is 2. The van der Waals surface area contributed by atoms with Crippen molar-refractivity contribution in [2.75, 3.05) is 0 Å². The second-order valence-corrected chi connectivity index (χ2v) is 3.88. The van der Waals surface area contributed by atoms with E-state index in [1.54, 1.807) is 6.08 Å². The maximum atomic E-state index is 10.8. The number of para-hydroxylation sites is 1. The summed E-state index contributed by atoms with van der Waals surface area (Å²) in [5, 5.41) is 16.0. The minimum Gasteiger partial charge on any atom is -0.478 e. The van der Waals surface area contributed by atoms with E-state index in [1.807, 2.05) is 24.3 Å². The number of rotatable bonds is 1. The SMILES string of the molecule is O=C(O)C(F)(F)F.O=C(O)C1=CC=Nc2ccccc2C1. The number of fused-ring (bicyclic) bond motifs is 1. The van der Waals surface area contributed by atoms with Crippen molar-refractivity contribution >= 4 is 23.8 Å². The van der Waals surface area contributed by atoms with Gasteiger partial charge in [0, 0.05) is 18.2 Å². The third-order valence-electron chi connectivity index (χ3n) is 2.38. The van der Waals surface area contributed by atoms with E-state index in [2.05, 4.69) is 4.99 Å². The summed E-state index contributed by atoms with van der Waals surface area (Å²) in [5.74, 6) is -3.64. The number of alkyl halides is 3. The molecule has 1 aromatic carbocycles. The van der Waals surface area contributed by atoms with E-state index in [-0.39, 0.29) is 0 Å². The summed E-state index contributed by atoms with van der Waals surface area (Å²) in [5.41, 5.74) is 2.17. The Labute approximate surface area is 117 Å². The van der Waals surface area contributed by atoms with Gasteiger partial charge in [-0.3, -0.25) is 4.99 Å². The third kappa shape index (κ3) is 5.09. The van der Waals surface area contributed by atoms with Crippen molar-refractivity contribution in [2.45, 2.75) is 12.6 Å². The summed E-state index contributed by atoms with van der Waals surface area (Å²) in [4.78, 5) is 23.8. The Balaban J connectivity index is 0.000000270. The normalized spacial score (nSPS) is 13.2. The summed E-state index contributed by atoms with van der Waals surface area (Å²) in [7, 11) is 0. The number of aliphatic carboxylic acids is 2. The molecule has 0 saturated carbocycles. The van der Waals surface area contributed by atoms with E-state index < -0.39 is 18.1 Å². The molecule has 0 amide bonds. The van der Waals surface area contributed by atoms with Crippen LogP contribution in [0.15, 0.2) is 40.9 Å². The quantitative estimate of drug-likeness (QED) is 0.834. The predicted molar refractivity (Wildman–Crippen MR) is 67.7 cm³/mol. The summed E-state index contributed by atoms with van der Waals surface area (Å²) in [6.45, 7) is 0. The number of carboxylic acid groups (broad SMARTS) is 2. The molecule has 0 bridgehead atoms. The maximum Gasteiger partial charge on any atom is 0.490 e. The van der Waals surface area contributed by atoms with Gasteiger partial charge in [-0.2, -0.15) is 13.2 Å². The first-order valence-electron chi connectivity index (χ1n) is 5.56. The summed E-state index contributed by atoms with van der Waals surface area (Å²) in [6.07, 6.45) is -1.57.